The second-order valence-electron chi connectivity index (χ2n) is 4.67. The number of thiocarbonyl (C=S) groups is 2. The third-order valence-corrected chi connectivity index (χ3v) is 3.55. The zero-order valence-corrected chi connectivity index (χ0v) is 18.0. The third-order valence-electron chi connectivity index (χ3n) is 2.85. The second-order valence-corrected chi connectivity index (χ2v) is 7.85. The molecule has 0 saturated heterocycles. The number of aromatic nitrogens is 1. The standard InChI is InChI=1S/C15H23N3S2.2ClH.Pd/c1-3-5-10-16-14(19)12-8-7-9-13(18-12)15(20)17-11-6-4-2;;;/h7-9H,3-6,10-11H2,1-2H3,(H,16,19)(H,17,20);2*1H;/q;;;+2/p-2. The summed E-state index contributed by atoms with van der Waals surface area (Å²) in [4.78, 5) is 5.91. The molecule has 23 heavy (non-hydrogen) atoms. The van der Waals surface area contributed by atoms with E-state index >= 15 is 0 Å². The van der Waals surface area contributed by atoms with Crippen molar-refractivity contribution in [2.45, 2.75) is 39.5 Å². The summed E-state index contributed by atoms with van der Waals surface area (Å²) in [6.07, 6.45) is 4.51. The molecule has 0 unspecified atom stereocenters. The zero-order chi connectivity index (χ0) is 17.5. The van der Waals surface area contributed by atoms with Crippen LogP contribution in [0.3, 0.4) is 0 Å². The van der Waals surface area contributed by atoms with Crippen LogP contribution in [0.5, 0.6) is 0 Å². The van der Waals surface area contributed by atoms with E-state index in [4.69, 9.17) is 43.5 Å². The summed E-state index contributed by atoms with van der Waals surface area (Å²) >= 11 is 10.6. The van der Waals surface area contributed by atoms with Gasteiger partial charge in [-0.05, 0) is 25.0 Å². The van der Waals surface area contributed by atoms with Gasteiger partial charge in [-0.2, -0.15) is 0 Å². The van der Waals surface area contributed by atoms with E-state index in [1.165, 1.54) is 0 Å². The maximum absolute atomic E-state index is 5.35. The Morgan fingerprint density at radius 1 is 1.00 bits per heavy atom. The summed E-state index contributed by atoms with van der Waals surface area (Å²) in [5, 5.41) is 6.45. The molecule has 0 aromatic carbocycles. The Morgan fingerprint density at radius 2 is 1.39 bits per heavy atom. The van der Waals surface area contributed by atoms with Crippen molar-refractivity contribution in [2.24, 2.45) is 0 Å². The fourth-order valence-corrected chi connectivity index (χ4v) is 2.06. The van der Waals surface area contributed by atoms with Crippen molar-refractivity contribution in [2.75, 3.05) is 13.1 Å². The van der Waals surface area contributed by atoms with Crippen LogP contribution in [-0.2, 0) is 15.9 Å². The number of nitrogens with one attached hydrogen (secondary N) is 2. The van der Waals surface area contributed by atoms with Crippen LogP contribution in [0.4, 0.5) is 0 Å². The van der Waals surface area contributed by atoms with E-state index in [2.05, 4.69) is 29.5 Å². The third kappa shape index (κ3) is 11.4. The quantitative estimate of drug-likeness (QED) is 0.319. The first-order valence-electron chi connectivity index (χ1n) is 7.46. The average molecular weight is 487 g/mol. The fraction of sp³-hybridized carbons (Fsp3) is 0.533. The first kappa shape index (κ1) is 23.2. The number of nitrogens with zero attached hydrogens (tertiary/aromatic N) is 1. The number of hydrogen-bond acceptors (Lipinski definition) is 3. The van der Waals surface area contributed by atoms with E-state index in [-0.39, 0.29) is 15.9 Å². The van der Waals surface area contributed by atoms with Crippen LogP contribution < -0.4 is 10.6 Å². The minimum absolute atomic E-state index is 0.106. The van der Waals surface area contributed by atoms with Crippen molar-refractivity contribution in [3.05, 3.63) is 29.6 Å². The molecule has 0 radical (unpaired) electrons. The van der Waals surface area contributed by atoms with Gasteiger partial charge in [-0.25, -0.2) is 4.98 Å². The molecule has 8 heteroatoms. The van der Waals surface area contributed by atoms with E-state index in [0.29, 0.717) is 9.98 Å². The van der Waals surface area contributed by atoms with Crippen molar-refractivity contribution in [3.63, 3.8) is 0 Å². The van der Waals surface area contributed by atoms with Crippen LogP contribution in [0, 0.1) is 0 Å². The van der Waals surface area contributed by atoms with Gasteiger partial charge in [-0.15, -0.1) is 0 Å². The number of rotatable bonds is 8. The van der Waals surface area contributed by atoms with Gasteiger partial charge in [0.25, 0.3) is 0 Å². The number of hydrogen-bond donors (Lipinski definition) is 2. The molecule has 1 rings (SSSR count). The van der Waals surface area contributed by atoms with Gasteiger partial charge in [-0.1, -0.05) is 57.2 Å². The molecule has 0 fully saturated rings. The molecule has 0 saturated carbocycles. The van der Waals surface area contributed by atoms with E-state index < -0.39 is 0 Å². The Kier molecular flexibility index (Phi) is 15.8. The van der Waals surface area contributed by atoms with Gasteiger partial charge in [0.05, 0.1) is 11.4 Å². The molecule has 0 aliphatic heterocycles. The van der Waals surface area contributed by atoms with E-state index in [0.717, 1.165) is 50.2 Å². The van der Waals surface area contributed by atoms with Crippen molar-refractivity contribution in [1.82, 2.24) is 15.6 Å². The average Bonchev–Trinajstić information content (AvgIpc) is 2.56. The van der Waals surface area contributed by atoms with Crippen LogP contribution in [0.1, 0.15) is 50.9 Å². The Bertz CT molecular complexity index is 439. The predicted molar refractivity (Wildman–Crippen MR) is 105 cm³/mol. The van der Waals surface area contributed by atoms with Crippen molar-refractivity contribution in [3.8, 4) is 0 Å². The summed E-state index contributed by atoms with van der Waals surface area (Å²) in [7, 11) is 9.63. The van der Waals surface area contributed by atoms with Gasteiger partial charge in [0.15, 0.2) is 0 Å². The summed E-state index contributed by atoms with van der Waals surface area (Å²) in [5.41, 5.74) is 1.57. The Balaban J connectivity index is 0.00000149. The molecule has 1 heterocycles. The second kappa shape index (κ2) is 15.7. The Morgan fingerprint density at radius 3 is 1.74 bits per heavy atom. The van der Waals surface area contributed by atoms with Gasteiger partial charge in [0, 0.05) is 13.1 Å². The van der Waals surface area contributed by atoms with Crippen LogP contribution in [0.25, 0.3) is 0 Å². The van der Waals surface area contributed by atoms with E-state index in [9.17, 15) is 0 Å². The predicted octanol–water partition coefficient (Wildman–Crippen LogP) is 4.59. The van der Waals surface area contributed by atoms with Crippen LogP contribution in [0.15, 0.2) is 18.2 Å². The van der Waals surface area contributed by atoms with E-state index in [1.807, 2.05) is 18.2 Å². The molecule has 0 amide bonds. The molecule has 2 N–H and O–H groups in total. The summed E-state index contributed by atoms with van der Waals surface area (Å²) < 4.78 is 0. The van der Waals surface area contributed by atoms with Crippen LogP contribution in [-0.4, -0.2) is 28.1 Å². The minimum atomic E-state index is -0.106. The number of halogens is 2. The molecule has 0 bridgehead atoms. The molecule has 1 aromatic rings. The Labute approximate surface area is 166 Å². The Hall–Kier alpha value is 0.172. The van der Waals surface area contributed by atoms with Crippen molar-refractivity contribution < 1.29 is 15.9 Å². The normalized spacial score (nSPS) is 9.74. The molecule has 3 nitrogen and oxygen atoms in total. The SMILES string of the molecule is CCCCNC(=S)c1cccc(C(=S)NCCCC)n1.[Cl][Pd][Cl]. The molecular weight excluding hydrogens is 464 g/mol. The van der Waals surface area contributed by atoms with Crippen LogP contribution in [0.2, 0.25) is 0 Å². The van der Waals surface area contributed by atoms with Gasteiger partial charge in [0.2, 0.25) is 0 Å². The topological polar surface area (TPSA) is 37.0 Å². The molecule has 0 spiro atoms. The summed E-state index contributed by atoms with van der Waals surface area (Å²) in [6.45, 7) is 6.09. The first-order valence-corrected chi connectivity index (χ1v) is 12.3. The van der Waals surface area contributed by atoms with E-state index in [1.54, 1.807) is 0 Å². The molecule has 0 aliphatic carbocycles. The van der Waals surface area contributed by atoms with Crippen molar-refractivity contribution in [1.29, 1.82) is 0 Å². The van der Waals surface area contributed by atoms with Gasteiger partial charge in [0.1, 0.15) is 9.98 Å². The molecular formula is C15H23Cl2N3PdS2. The van der Waals surface area contributed by atoms with Crippen molar-refractivity contribution >= 4 is 53.5 Å². The number of pyridine rings is 1. The maximum atomic E-state index is 5.35. The summed E-state index contributed by atoms with van der Waals surface area (Å²) in [5.74, 6) is 0. The fourth-order valence-electron chi connectivity index (χ4n) is 1.63. The van der Waals surface area contributed by atoms with Gasteiger partial charge < -0.3 is 10.6 Å². The monoisotopic (exact) mass is 485 g/mol. The zero-order valence-electron chi connectivity index (χ0n) is 13.3. The molecule has 0 aliphatic rings. The van der Waals surface area contributed by atoms with Gasteiger partial charge in [-0.3, -0.25) is 0 Å². The van der Waals surface area contributed by atoms with Crippen LogP contribution >= 0.6 is 43.5 Å². The molecule has 0 atom stereocenters. The first-order chi connectivity index (χ1) is 11.1. The number of unbranched alkanes of at least 4 members (excludes halogenated alkanes) is 2. The van der Waals surface area contributed by atoms with Gasteiger partial charge >= 0.3 is 35.0 Å². The molecule has 134 valence electrons. The summed E-state index contributed by atoms with van der Waals surface area (Å²) in [6, 6.07) is 5.78. The molecule has 1 aromatic heterocycles.